The molecule has 0 aliphatic heterocycles. The fourth-order valence-electron chi connectivity index (χ4n) is 2.29. The Hall–Kier alpha value is -2.87. The Morgan fingerprint density at radius 1 is 1.00 bits per heavy atom. The van der Waals surface area contributed by atoms with Crippen LogP contribution >= 0.6 is 11.6 Å². The van der Waals surface area contributed by atoms with Crippen LogP contribution in [0.2, 0.25) is 5.02 Å². The summed E-state index contributed by atoms with van der Waals surface area (Å²) in [7, 11) is 1.57. The summed E-state index contributed by atoms with van der Waals surface area (Å²) in [6.45, 7) is 0. The maximum atomic E-state index is 13.3. The Kier molecular flexibility index (Phi) is 5.18. The molecule has 0 fully saturated rings. The summed E-state index contributed by atoms with van der Waals surface area (Å²) in [5.74, 6) is -0.805. The van der Waals surface area contributed by atoms with E-state index in [1.54, 1.807) is 19.2 Å². The van der Waals surface area contributed by atoms with Crippen molar-refractivity contribution in [2.24, 2.45) is 0 Å². The minimum Gasteiger partial charge on any atom is -0.340 e. The van der Waals surface area contributed by atoms with E-state index in [1.807, 2.05) is 0 Å². The Morgan fingerprint density at radius 2 is 1.63 bits per heavy atom. The predicted octanol–water partition coefficient (Wildman–Crippen LogP) is 5.80. The molecule has 1 aromatic heterocycles. The molecule has 0 spiro atoms. The highest BCUT2D eigenvalue weighted by molar-refractivity contribution is 6.30. The molecule has 2 aromatic carbocycles. The monoisotopic (exact) mass is 396 g/mol. The van der Waals surface area contributed by atoms with Crippen molar-refractivity contribution >= 4 is 34.7 Å². The highest BCUT2D eigenvalue weighted by atomic mass is 35.5. The van der Waals surface area contributed by atoms with Crippen molar-refractivity contribution in [3.63, 3.8) is 0 Å². The second-order valence-corrected chi connectivity index (χ2v) is 6.03. The molecule has 1 heterocycles. The van der Waals surface area contributed by atoms with Crippen molar-refractivity contribution in [1.82, 2.24) is 9.97 Å². The van der Waals surface area contributed by atoms with E-state index in [9.17, 15) is 17.6 Å². The third kappa shape index (κ3) is 4.46. The van der Waals surface area contributed by atoms with Crippen molar-refractivity contribution in [3.05, 3.63) is 71.1 Å². The number of aromatic nitrogens is 2. The normalized spacial score (nSPS) is 11.3. The van der Waals surface area contributed by atoms with Crippen LogP contribution in [0.5, 0.6) is 0 Å². The van der Waals surface area contributed by atoms with Crippen LogP contribution in [0.25, 0.3) is 0 Å². The fourth-order valence-corrected chi connectivity index (χ4v) is 2.41. The highest BCUT2D eigenvalue weighted by Gasteiger charge is 2.35. The van der Waals surface area contributed by atoms with E-state index in [2.05, 4.69) is 15.3 Å². The van der Waals surface area contributed by atoms with Crippen molar-refractivity contribution in [2.75, 3.05) is 17.3 Å². The topological polar surface area (TPSA) is 41.1 Å². The molecule has 9 heteroatoms. The van der Waals surface area contributed by atoms with Gasteiger partial charge in [0.05, 0.1) is 0 Å². The molecule has 0 aliphatic carbocycles. The van der Waals surface area contributed by atoms with Crippen LogP contribution in [0.15, 0.2) is 54.7 Å². The summed E-state index contributed by atoms with van der Waals surface area (Å²) in [5.41, 5.74) is -0.0960. The van der Waals surface area contributed by atoms with Crippen LogP contribution in [-0.4, -0.2) is 17.0 Å². The maximum absolute atomic E-state index is 13.3. The number of nitrogens with zero attached hydrogens (tertiary/aromatic N) is 3. The summed E-state index contributed by atoms with van der Waals surface area (Å²) in [6.07, 6.45) is -3.93. The zero-order valence-electron chi connectivity index (χ0n) is 13.9. The first-order chi connectivity index (χ1) is 12.7. The minimum atomic E-state index is -4.64. The van der Waals surface area contributed by atoms with E-state index in [-0.39, 0.29) is 5.95 Å². The lowest BCUT2D eigenvalue weighted by Crippen LogP contribution is -2.17. The molecule has 4 nitrogen and oxygen atoms in total. The van der Waals surface area contributed by atoms with Crippen LogP contribution in [-0.2, 0) is 6.18 Å². The summed E-state index contributed by atoms with van der Waals surface area (Å²) < 4.78 is 53.0. The molecule has 3 rings (SSSR count). The summed E-state index contributed by atoms with van der Waals surface area (Å²) in [6, 6.07) is 11.6. The van der Waals surface area contributed by atoms with Crippen LogP contribution in [0.3, 0.4) is 0 Å². The molecule has 0 amide bonds. The Balaban J connectivity index is 1.99. The average Bonchev–Trinajstić information content (AvgIpc) is 2.63. The zero-order valence-corrected chi connectivity index (χ0v) is 14.7. The number of alkyl halides is 3. The second kappa shape index (κ2) is 7.40. The maximum Gasteiger partial charge on any atom is 0.421 e. The van der Waals surface area contributed by atoms with Gasteiger partial charge in [0.15, 0.2) is 0 Å². The molecular weight excluding hydrogens is 384 g/mol. The lowest BCUT2D eigenvalue weighted by molar-refractivity contribution is -0.137. The van der Waals surface area contributed by atoms with Crippen LogP contribution in [0.4, 0.5) is 40.7 Å². The number of benzene rings is 2. The standard InChI is InChI=1S/C18H13ClF4N4/c1-27(14-8-4-12(20)5-9-14)17-24-10-15(18(21,22)23)16(26-17)25-13-6-2-11(19)3-7-13/h2-10H,1H3,(H,24,25,26). The molecule has 0 saturated heterocycles. The third-order valence-corrected chi connectivity index (χ3v) is 3.95. The lowest BCUT2D eigenvalue weighted by Gasteiger charge is -2.20. The fraction of sp³-hybridized carbons (Fsp3) is 0.111. The Bertz CT molecular complexity index is 928. The first-order valence-electron chi connectivity index (χ1n) is 7.70. The number of hydrogen-bond acceptors (Lipinski definition) is 4. The average molecular weight is 397 g/mol. The lowest BCUT2D eigenvalue weighted by atomic mass is 10.2. The van der Waals surface area contributed by atoms with Gasteiger partial charge >= 0.3 is 6.18 Å². The molecule has 0 atom stereocenters. The molecule has 140 valence electrons. The molecule has 0 bridgehead atoms. The number of rotatable bonds is 4. The van der Waals surface area contributed by atoms with Gasteiger partial charge in [0.25, 0.3) is 0 Å². The van der Waals surface area contributed by atoms with E-state index in [4.69, 9.17) is 11.6 Å². The largest absolute Gasteiger partial charge is 0.421 e. The first-order valence-corrected chi connectivity index (χ1v) is 8.08. The number of nitrogens with one attached hydrogen (secondary N) is 1. The quantitative estimate of drug-likeness (QED) is 0.566. The van der Waals surface area contributed by atoms with Crippen molar-refractivity contribution in [3.8, 4) is 0 Å². The third-order valence-electron chi connectivity index (χ3n) is 3.70. The van der Waals surface area contributed by atoms with E-state index in [1.165, 1.54) is 41.3 Å². The number of halogens is 5. The molecule has 27 heavy (non-hydrogen) atoms. The van der Waals surface area contributed by atoms with Crippen molar-refractivity contribution < 1.29 is 17.6 Å². The van der Waals surface area contributed by atoms with Gasteiger partial charge in [-0.1, -0.05) is 11.6 Å². The van der Waals surface area contributed by atoms with Gasteiger partial charge in [-0.05, 0) is 48.5 Å². The zero-order chi connectivity index (χ0) is 19.6. The van der Waals surface area contributed by atoms with Gasteiger partial charge in [-0.3, -0.25) is 0 Å². The van der Waals surface area contributed by atoms with Crippen molar-refractivity contribution in [1.29, 1.82) is 0 Å². The highest BCUT2D eigenvalue weighted by Crippen LogP contribution is 2.36. The minimum absolute atomic E-state index is 0.0195. The predicted molar refractivity (Wildman–Crippen MR) is 96.2 cm³/mol. The van der Waals surface area contributed by atoms with Gasteiger partial charge in [0.2, 0.25) is 5.95 Å². The summed E-state index contributed by atoms with van der Waals surface area (Å²) in [5, 5.41) is 3.10. The van der Waals surface area contributed by atoms with Crippen LogP contribution in [0.1, 0.15) is 5.56 Å². The molecule has 3 aromatic rings. The van der Waals surface area contributed by atoms with Gasteiger partial charge in [0, 0.05) is 29.6 Å². The molecule has 0 unspecified atom stereocenters. The Morgan fingerprint density at radius 3 is 2.22 bits per heavy atom. The van der Waals surface area contributed by atoms with E-state index in [0.717, 1.165) is 0 Å². The summed E-state index contributed by atoms with van der Waals surface area (Å²) >= 11 is 5.80. The van der Waals surface area contributed by atoms with E-state index >= 15 is 0 Å². The van der Waals surface area contributed by atoms with Crippen LogP contribution in [0, 0.1) is 5.82 Å². The summed E-state index contributed by atoms with van der Waals surface area (Å²) in [4.78, 5) is 9.26. The van der Waals surface area contributed by atoms with E-state index < -0.39 is 23.4 Å². The number of anilines is 4. The number of hydrogen-bond donors (Lipinski definition) is 1. The molecule has 0 radical (unpaired) electrons. The van der Waals surface area contributed by atoms with Gasteiger partial charge in [0.1, 0.15) is 17.2 Å². The smallest absolute Gasteiger partial charge is 0.340 e. The Labute approximate surface area is 157 Å². The molecular formula is C18H13ClF4N4. The molecule has 0 saturated carbocycles. The SMILES string of the molecule is CN(c1ccc(F)cc1)c1ncc(C(F)(F)F)c(Nc2ccc(Cl)cc2)n1. The molecule has 1 N–H and O–H groups in total. The van der Waals surface area contributed by atoms with Gasteiger partial charge < -0.3 is 10.2 Å². The van der Waals surface area contributed by atoms with E-state index in [0.29, 0.717) is 22.6 Å². The van der Waals surface area contributed by atoms with Crippen molar-refractivity contribution in [2.45, 2.75) is 6.18 Å². The van der Waals surface area contributed by atoms with Gasteiger partial charge in [-0.25, -0.2) is 9.37 Å². The molecule has 0 aliphatic rings. The van der Waals surface area contributed by atoms with Crippen LogP contribution < -0.4 is 10.2 Å². The second-order valence-electron chi connectivity index (χ2n) is 5.60. The van der Waals surface area contributed by atoms with Gasteiger partial charge in [-0.2, -0.15) is 18.2 Å². The van der Waals surface area contributed by atoms with Gasteiger partial charge in [-0.15, -0.1) is 0 Å². The first kappa shape index (κ1) is 18.9.